The summed E-state index contributed by atoms with van der Waals surface area (Å²) < 4.78 is 11.7. The third-order valence-corrected chi connectivity index (χ3v) is 1.08. The van der Waals surface area contributed by atoms with E-state index in [9.17, 15) is 9.18 Å². The Morgan fingerprint density at radius 2 is 2.10 bits per heavy atom. The Bertz CT molecular complexity index is 139. The summed E-state index contributed by atoms with van der Waals surface area (Å²) in [5, 5.41) is 6.89. The van der Waals surface area contributed by atoms with Crippen LogP contribution in [0.15, 0.2) is 0 Å². The molecule has 5 heteroatoms. The summed E-state index contributed by atoms with van der Waals surface area (Å²) in [5.74, 6) is -0.965. The zero-order valence-corrected chi connectivity index (χ0v) is 5.16. The van der Waals surface area contributed by atoms with Crippen molar-refractivity contribution in [2.24, 2.45) is 11.7 Å². The summed E-state index contributed by atoms with van der Waals surface area (Å²) in [6.07, 6.45) is -0.590. The normalized spacial score (nSPS) is 27.7. The monoisotopic (exact) mass is 149 g/mol. The topological polar surface area (TPSA) is 80.4 Å². The molecule has 0 radical (unpaired) electrons. The van der Waals surface area contributed by atoms with Gasteiger partial charge in [-0.3, -0.25) is 9.59 Å². The first-order chi connectivity index (χ1) is 4.63. The van der Waals surface area contributed by atoms with Crippen LogP contribution in [0, 0.1) is 5.92 Å². The van der Waals surface area contributed by atoms with Crippen LogP contribution in [0.5, 0.6) is 0 Å². The lowest BCUT2D eigenvalue weighted by Crippen LogP contribution is -2.13. The van der Waals surface area contributed by atoms with Gasteiger partial charge in [-0.1, -0.05) is 0 Å². The van der Waals surface area contributed by atoms with Crippen molar-refractivity contribution in [2.45, 2.75) is 12.6 Å². The number of carbonyl (C=O) groups excluding carboxylic acids is 1. The summed E-state index contributed by atoms with van der Waals surface area (Å²) in [5.41, 5.74) is 4.71. The van der Waals surface area contributed by atoms with E-state index in [0.717, 1.165) is 0 Å². The van der Waals surface area contributed by atoms with Gasteiger partial charge in [0.2, 0.25) is 5.91 Å². The standard InChI is InChI=1S/C4H6FNO.CH2O2/c5-3-1-2(3)4(6)7;2-1-3/h2-3H,1H2,(H2,6,7);1H,(H,2,3). The van der Waals surface area contributed by atoms with E-state index in [1.807, 2.05) is 0 Å². The van der Waals surface area contributed by atoms with E-state index in [1.54, 1.807) is 0 Å². The number of hydrogen-bond acceptors (Lipinski definition) is 2. The number of primary amides is 1. The molecule has 0 saturated heterocycles. The molecule has 0 heterocycles. The number of hydrogen-bond donors (Lipinski definition) is 2. The van der Waals surface area contributed by atoms with E-state index in [2.05, 4.69) is 0 Å². The highest BCUT2D eigenvalue weighted by molar-refractivity contribution is 5.80. The van der Waals surface area contributed by atoms with Crippen molar-refractivity contribution < 1.29 is 19.1 Å². The molecule has 10 heavy (non-hydrogen) atoms. The second-order valence-electron chi connectivity index (χ2n) is 1.87. The van der Waals surface area contributed by atoms with Gasteiger partial charge in [0.15, 0.2) is 0 Å². The molecule has 4 nitrogen and oxygen atoms in total. The average Bonchev–Trinajstić information content (AvgIpc) is 2.48. The predicted molar refractivity (Wildman–Crippen MR) is 30.9 cm³/mol. The van der Waals surface area contributed by atoms with Crippen LogP contribution >= 0.6 is 0 Å². The molecule has 1 amide bonds. The van der Waals surface area contributed by atoms with Crippen LogP contribution in [-0.4, -0.2) is 23.7 Å². The third-order valence-electron chi connectivity index (χ3n) is 1.08. The second kappa shape index (κ2) is 3.81. The lowest BCUT2D eigenvalue weighted by Gasteiger charge is -1.79. The molecule has 0 bridgehead atoms. The molecule has 1 fully saturated rings. The van der Waals surface area contributed by atoms with Crippen molar-refractivity contribution in [3.05, 3.63) is 0 Å². The second-order valence-corrected chi connectivity index (χ2v) is 1.87. The maximum Gasteiger partial charge on any atom is 0.290 e. The Hall–Kier alpha value is -1.13. The van der Waals surface area contributed by atoms with E-state index < -0.39 is 18.0 Å². The molecule has 3 N–H and O–H groups in total. The molecule has 1 aliphatic rings. The fourth-order valence-electron chi connectivity index (χ4n) is 0.458. The molecule has 2 unspecified atom stereocenters. The first-order valence-electron chi connectivity index (χ1n) is 2.64. The molecule has 1 saturated carbocycles. The largest absolute Gasteiger partial charge is 0.483 e. The van der Waals surface area contributed by atoms with Crippen LogP contribution in [0.2, 0.25) is 0 Å². The van der Waals surface area contributed by atoms with Gasteiger partial charge in [0.25, 0.3) is 6.47 Å². The lowest BCUT2D eigenvalue weighted by molar-refractivity contribution is -0.123. The number of amides is 1. The van der Waals surface area contributed by atoms with Gasteiger partial charge in [0, 0.05) is 0 Å². The molecule has 0 spiro atoms. The van der Waals surface area contributed by atoms with E-state index in [-0.39, 0.29) is 6.47 Å². The van der Waals surface area contributed by atoms with E-state index in [1.165, 1.54) is 0 Å². The number of halogens is 1. The zero-order chi connectivity index (χ0) is 8.15. The molecule has 58 valence electrons. The predicted octanol–water partition coefficient (Wildman–Crippen LogP) is -0.470. The Morgan fingerprint density at radius 3 is 2.10 bits per heavy atom. The fraction of sp³-hybridized carbons (Fsp3) is 0.600. The number of carbonyl (C=O) groups is 2. The van der Waals surface area contributed by atoms with Gasteiger partial charge >= 0.3 is 0 Å². The Morgan fingerprint density at radius 1 is 1.80 bits per heavy atom. The van der Waals surface area contributed by atoms with E-state index >= 15 is 0 Å². The Kier molecular flexibility index (Phi) is 3.38. The maximum absolute atomic E-state index is 11.7. The minimum absolute atomic E-state index is 0.250. The van der Waals surface area contributed by atoms with E-state index in [0.29, 0.717) is 6.42 Å². The first-order valence-corrected chi connectivity index (χ1v) is 2.64. The van der Waals surface area contributed by atoms with Gasteiger partial charge in [-0.25, -0.2) is 4.39 Å². The zero-order valence-electron chi connectivity index (χ0n) is 5.16. The highest BCUT2D eigenvalue weighted by Crippen LogP contribution is 2.32. The summed E-state index contributed by atoms with van der Waals surface area (Å²) >= 11 is 0. The number of carboxylic acid groups (broad SMARTS) is 1. The van der Waals surface area contributed by atoms with Crippen molar-refractivity contribution >= 4 is 12.4 Å². The molecule has 1 aliphatic carbocycles. The Balaban J connectivity index is 0.000000236. The number of rotatable bonds is 1. The SMILES string of the molecule is NC(=O)C1CC1F.O=CO. The smallest absolute Gasteiger partial charge is 0.290 e. The average molecular weight is 149 g/mol. The maximum atomic E-state index is 11.7. The molecule has 1 rings (SSSR count). The van der Waals surface area contributed by atoms with Crippen LogP contribution in [0.1, 0.15) is 6.42 Å². The van der Waals surface area contributed by atoms with Gasteiger partial charge < -0.3 is 10.8 Å². The number of alkyl halides is 1. The van der Waals surface area contributed by atoms with E-state index in [4.69, 9.17) is 15.6 Å². The Labute approximate surface area is 56.8 Å². The van der Waals surface area contributed by atoms with Crippen molar-refractivity contribution in [1.82, 2.24) is 0 Å². The first kappa shape index (κ1) is 8.87. The summed E-state index contributed by atoms with van der Waals surface area (Å²) in [4.78, 5) is 18.3. The summed E-state index contributed by atoms with van der Waals surface area (Å²) in [6.45, 7) is -0.250. The van der Waals surface area contributed by atoms with Gasteiger partial charge in [0.1, 0.15) is 6.17 Å². The minimum Gasteiger partial charge on any atom is -0.483 e. The van der Waals surface area contributed by atoms with Crippen LogP contribution < -0.4 is 5.73 Å². The number of nitrogens with two attached hydrogens (primary N) is 1. The van der Waals surface area contributed by atoms with Crippen molar-refractivity contribution in [3.63, 3.8) is 0 Å². The van der Waals surface area contributed by atoms with Crippen LogP contribution in [0.3, 0.4) is 0 Å². The quantitative estimate of drug-likeness (QED) is 0.494. The van der Waals surface area contributed by atoms with Gasteiger partial charge in [0.05, 0.1) is 5.92 Å². The highest BCUT2D eigenvalue weighted by Gasteiger charge is 2.42. The van der Waals surface area contributed by atoms with Gasteiger partial charge in [-0.2, -0.15) is 0 Å². The highest BCUT2D eigenvalue weighted by atomic mass is 19.1. The minimum atomic E-state index is -0.933. The molecular formula is C5H8FNO3. The fourth-order valence-corrected chi connectivity index (χ4v) is 0.458. The van der Waals surface area contributed by atoms with Crippen LogP contribution in [0.4, 0.5) is 4.39 Å². The van der Waals surface area contributed by atoms with Gasteiger partial charge in [-0.05, 0) is 6.42 Å². The molecule has 0 aliphatic heterocycles. The van der Waals surface area contributed by atoms with Crippen molar-refractivity contribution in [1.29, 1.82) is 0 Å². The molecule has 0 aromatic heterocycles. The van der Waals surface area contributed by atoms with Crippen LogP contribution in [-0.2, 0) is 9.59 Å². The summed E-state index contributed by atoms with van der Waals surface area (Å²) in [7, 11) is 0. The summed E-state index contributed by atoms with van der Waals surface area (Å²) in [6, 6.07) is 0. The van der Waals surface area contributed by atoms with Crippen molar-refractivity contribution in [2.75, 3.05) is 0 Å². The van der Waals surface area contributed by atoms with Crippen LogP contribution in [0.25, 0.3) is 0 Å². The van der Waals surface area contributed by atoms with Crippen molar-refractivity contribution in [3.8, 4) is 0 Å². The molecule has 0 aromatic rings. The van der Waals surface area contributed by atoms with Gasteiger partial charge in [-0.15, -0.1) is 0 Å². The lowest BCUT2D eigenvalue weighted by atomic mass is 10.4. The third kappa shape index (κ3) is 3.01. The molecular weight excluding hydrogens is 141 g/mol. The molecule has 2 atom stereocenters. The molecule has 0 aromatic carbocycles.